The summed E-state index contributed by atoms with van der Waals surface area (Å²) in [6, 6.07) is 10.4. The quantitative estimate of drug-likeness (QED) is 0.369. The molecule has 11 heteroatoms. The van der Waals surface area contributed by atoms with Crippen molar-refractivity contribution < 1.29 is 17.6 Å². The number of rotatable bonds is 2. The smallest absolute Gasteiger partial charge is 0.401 e. The molecular weight excluding hydrogens is 435 g/mol. The Hall–Kier alpha value is -3.79. The third kappa shape index (κ3) is 3.21. The molecule has 4 heterocycles. The van der Waals surface area contributed by atoms with Crippen molar-refractivity contribution in [2.45, 2.75) is 6.18 Å². The second kappa shape index (κ2) is 6.88. The number of benzene rings is 1. The lowest BCUT2D eigenvalue weighted by Crippen LogP contribution is -2.09. The zero-order chi connectivity index (χ0) is 21.8. The van der Waals surface area contributed by atoms with Crippen LogP contribution < -0.4 is 5.63 Å². The lowest BCUT2D eigenvalue weighted by molar-refractivity contribution is -0.141. The first-order chi connectivity index (χ1) is 14.8. The van der Waals surface area contributed by atoms with Crippen LogP contribution in [0, 0.1) is 0 Å². The van der Waals surface area contributed by atoms with Gasteiger partial charge in [0, 0.05) is 23.8 Å². The maximum Gasteiger partial charge on any atom is 0.435 e. The van der Waals surface area contributed by atoms with Gasteiger partial charge in [0.2, 0.25) is 5.89 Å². The number of hydrogen-bond acceptors (Lipinski definition) is 6. The standard InChI is InChI=1S/C20H9ClF3N5O2/c21-11-4-2-8-26-17(11)29-13(9-14(28-29)20(22,23)24)18-27-12-6-5-10-3-1-7-25-16(10)15(12)19(30)31-18/h1-9H. The molecule has 7 nitrogen and oxygen atoms in total. The molecule has 154 valence electrons. The van der Waals surface area contributed by atoms with E-state index in [1.807, 2.05) is 0 Å². The average Bonchev–Trinajstić information content (AvgIpc) is 3.19. The molecule has 0 aliphatic carbocycles. The first-order valence-electron chi connectivity index (χ1n) is 8.80. The van der Waals surface area contributed by atoms with Crippen LogP contribution in [0.5, 0.6) is 0 Å². The molecule has 0 aliphatic rings. The summed E-state index contributed by atoms with van der Waals surface area (Å²) in [5.41, 5.74) is -1.64. The Labute approximate surface area is 175 Å². The predicted molar refractivity (Wildman–Crippen MR) is 106 cm³/mol. The Morgan fingerprint density at radius 3 is 2.58 bits per heavy atom. The van der Waals surface area contributed by atoms with E-state index in [0.717, 1.165) is 10.7 Å². The van der Waals surface area contributed by atoms with Crippen molar-refractivity contribution in [1.29, 1.82) is 0 Å². The van der Waals surface area contributed by atoms with E-state index in [-0.39, 0.29) is 33.3 Å². The average molecular weight is 444 g/mol. The van der Waals surface area contributed by atoms with Crippen LogP contribution in [-0.4, -0.2) is 24.7 Å². The summed E-state index contributed by atoms with van der Waals surface area (Å²) in [4.78, 5) is 25.2. The van der Waals surface area contributed by atoms with E-state index in [9.17, 15) is 18.0 Å². The van der Waals surface area contributed by atoms with Crippen molar-refractivity contribution in [2.75, 3.05) is 0 Å². The Morgan fingerprint density at radius 2 is 1.81 bits per heavy atom. The second-order valence-electron chi connectivity index (χ2n) is 6.47. The number of fused-ring (bicyclic) bond motifs is 3. The maximum atomic E-state index is 13.4. The Bertz CT molecular complexity index is 1530. The van der Waals surface area contributed by atoms with Gasteiger partial charge in [0.15, 0.2) is 11.5 Å². The molecule has 1 aromatic carbocycles. The zero-order valence-electron chi connectivity index (χ0n) is 15.3. The molecule has 0 saturated carbocycles. The fourth-order valence-corrected chi connectivity index (χ4v) is 3.38. The number of nitrogens with zero attached hydrogens (tertiary/aromatic N) is 5. The molecule has 0 unspecified atom stereocenters. The zero-order valence-corrected chi connectivity index (χ0v) is 16.0. The number of aromatic nitrogens is 5. The van der Waals surface area contributed by atoms with Gasteiger partial charge in [-0.3, -0.25) is 4.98 Å². The molecule has 31 heavy (non-hydrogen) atoms. The summed E-state index contributed by atoms with van der Waals surface area (Å²) < 4.78 is 46.3. The van der Waals surface area contributed by atoms with Crippen molar-refractivity contribution in [3.63, 3.8) is 0 Å². The van der Waals surface area contributed by atoms with Gasteiger partial charge in [0.05, 0.1) is 16.1 Å². The van der Waals surface area contributed by atoms with E-state index in [1.165, 1.54) is 24.5 Å². The van der Waals surface area contributed by atoms with Crippen LogP contribution in [0.15, 0.2) is 64.1 Å². The van der Waals surface area contributed by atoms with Crippen LogP contribution in [-0.2, 0) is 6.18 Å². The number of alkyl halides is 3. The number of halogens is 4. The monoisotopic (exact) mass is 443 g/mol. The summed E-state index contributed by atoms with van der Waals surface area (Å²) in [7, 11) is 0. The van der Waals surface area contributed by atoms with E-state index in [1.54, 1.807) is 24.3 Å². The van der Waals surface area contributed by atoms with E-state index >= 15 is 0 Å². The Kier molecular flexibility index (Phi) is 4.26. The number of hydrogen-bond donors (Lipinski definition) is 0. The fourth-order valence-electron chi connectivity index (χ4n) is 3.18. The van der Waals surface area contributed by atoms with Gasteiger partial charge < -0.3 is 4.42 Å². The van der Waals surface area contributed by atoms with Crippen LogP contribution in [0.2, 0.25) is 5.02 Å². The molecule has 4 aromatic heterocycles. The highest BCUT2D eigenvalue weighted by molar-refractivity contribution is 6.32. The van der Waals surface area contributed by atoms with Gasteiger partial charge in [-0.05, 0) is 24.3 Å². The first kappa shape index (κ1) is 19.2. The van der Waals surface area contributed by atoms with Gasteiger partial charge in [-0.15, -0.1) is 0 Å². The molecule has 0 fully saturated rings. The predicted octanol–water partition coefficient (Wildman–Crippen LogP) is 4.66. The first-order valence-corrected chi connectivity index (χ1v) is 9.18. The van der Waals surface area contributed by atoms with E-state index in [4.69, 9.17) is 16.0 Å². The maximum absolute atomic E-state index is 13.4. The van der Waals surface area contributed by atoms with Crippen molar-refractivity contribution in [3.8, 4) is 17.4 Å². The lowest BCUT2D eigenvalue weighted by Gasteiger charge is -2.08. The molecule has 0 radical (unpaired) electrons. The van der Waals surface area contributed by atoms with E-state index < -0.39 is 17.5 Å². The van der Waals surface area contributed by atoms with Gasteiger partial charge in [-0.1, -0.05) is 23.7 Å². The highest BCUT2D eigenvalue weighted by Gasteiger charge is 2.36. The largest absolute Gasteiger partial charge is 0.435 e. The Balaban J connectivity index is 1.80. The normalized spacial score (nSPS) is 12.0. The van der Waals surface area contributed by atoms with Crippen LogP contribution in [0.4, 0.5) is 13.2 Å². The summed E-state index contributed by atoms with van der Waals surface area (Å²) in [5.74, 6) is -0.433. The van der Waals surface area contributed by atoms with Gasteiger partial charge >= 0.3 is 11.8 Å². The van der Waals surface area contributed by atoms with E-state index in [0.29, 0.717) is 10.9 Å². The second-order valence-corrected chi connectivity index (χ2v) is 6.88. The van der Waals surface area contributed by atoms with Gasteiger partial charge in [-0.2, -0.15) is 18.3 Å². The Morgan fingerprint density at radius 1 is 1.03 bits per heavy atom. The minimum Gasteiger partial charge on any atom is -0.401 e. The molecule has 5 rings (SSSR count). The summed E-state index contributed by atoms with van der Waals surface area (Å²) in [6.07, 6.45) is -1.89. The van der Waals surface area contributed by atoms with Gasteiger partial charge in [0.25, 0.3) is 0 Å². The summed E-state index contributed by atoms with van der Waals surface area (Å²) in [6.45, 7) is 0. The lowest BCUT2D eigenvalue weighted by atomic mass is 10.1. The van der Waals surface area contributed by atoms with E-state index in [2.05, 4.69) is 20.1 Å². The molecule has 0 amide bonds. The van der Waals surface area contributed by atoms with Crippen molar-refractivity contribution in [2.24, 2.45) is 0 Å². The van der Waals surface area contributed by atoms with Crippen molar-refractivity contribution in [3.05, 3.63) is 76.0 Å². The molecule has 0 saturated heterocycles. The molecule has 5 aromatic rings. The van der Waals surface area contributed by atoms with Crippen molar-refractivity contribution in [1.82, 2.24) is 24.7 Å². The van der Waals surface area contributed by atoms with Gasteiger partial charge in [-0.25, -0.2) is 19.4 Å². The van der Waals surface area contributed by atoms with Gasteiger partial charge in [0.1, 0.15) is 11.1 Å². The highest BCUT2D eigenvalue weighted by Crippen LogP contribution is 2.34. The van der Waals surface area contributed by atoms with Crippen LogP contribution in [0.3, 0.4) is 0 Å². The SMILES string of the molecule is O=c1oc(-c2cc(C(F)(F)F)nn2-c2ncccc2Cl)nc2ccc3cccnc3c12. The molecular formula is C20H9ClF3N5O2. The highest BCUT2D eigenvalue weighted by atomic mass is 35.5. The summed E-state index contributed by atoms with van der Waals surface area (Å²) >= 11 is 6.11. The molecule has 0 bridgehead atoms. The molecule has 0 atom stereocenters. The molecule has 0 spiro atoms. The summed E-state index contributed by atoms with van der Waals surface area (Å²) in [5, 5.41) is 4.45. The van der Waals surface area contributed by atoms with Crippen LogP contribution >= 0.6 is 11.6 Å². The van der Waals surface area contributed by atoms with Crippen LogP contribution in [0.1, 0.15) is 5.69 Å². The van der Waals surface area contributed by atoms with Crippen LogP contribution in [0.25, 0.3) is 39.2 Å². The fraction of sp³-hybridized carbons (Fsp3) is 0.0500. The molecule has 0 aliphatic heterocycles. The minimum atomic E-state index is -4.75. The third-order valence-corrected chi connectivity index (χ3v) is 4.82. The van der Waals surface area contributed by atoms with Crippen molar-refractivity contribution >= 4 is 33.4 Å². The minimum absolute atomic E-state index is 0.0545. The topological polar surface area (TPSA) is 86.7 Å². The number of pyridine rings is 2. The molecule has 0 N–H and O–H groups in total. The third-order valence-electron chi connectivity index (χ3n) is 4.53.